The minimum atomic E-state index is -1.77. The second kappa shape index (κ2) is 9.60. The predicted octanol–water partition coefficient (Wildman–Crippen LogP) is 1.05. The van der Waals surface area contributed by atoms with Crippen LogP contribution in [0.15, 0.2) is 30.3 Å². The van der Waals surface area contributed by atoms with Gasteiger partial charge in [-0.15, -0.1) is 0 Å². The maximum atomic E-state index is 13.2. The Bertz CT molecular complexity index is 662. The van der Waals surface area contributed by atoms with Crippen molar-refractivity contribution in [1.29, 1.82) is 0 Å². The summed E-state index contributed by atoms with van der Waals surface area (Å²) in [5.41, 5.74) is -1.26. The number of ketones is 1. The number of hydrogen-bond donors (Lipinski definition) is 2. The van der Waals surface area contributed by atoms with Crippen LogP contribution >= 0.6 is 0 Å². The van der Waals surface area contributed by atoms with Crippen molar-refractivity contribution in [3.63, 3.8) is 0 Å². The fourth-order valence-corrected chi connectivity index (χ4v) is 3.75. The summed E-state index contributed by atoms with van der Waals surface area (Å²) in [4.78, 5) is 28.1. The molecule has 28 heavy (non-hydrogen) atoms. The maximum Gasteiger partial charge on any atom is 0.252 e. The summed E-state index contributed by atoms with van der Waals surface area (Å²) < 4.78 is 11.1. The molecule has 0 spiro atoms. The van der Waals surface area contributed by atoms with Crippen molar-refractivity contribution in [3.8, 4) is 0 Å². The van der Waals surface area contributed by atoms with Gasteiger partial charge in [0.1, 0.15) is 11.9 Å². The summed E-state index contributed by atoms with van der Waals surface area (Å²) in [6.07, 6.45) is 0.859. The van der Waals surface area contributed by atoms with Crippen LogP contribution in [0.2, 0.25) is 0 Å². The van der Waals surface area contributed by atoms with Crippen LogP contribution in [-0.2, 0) is 24.8 Å². The number of carbonyl (C=O) groups is 2. The van der Waals surface area contributed by atoms with Crippen LogP contribution in [0.25, 0.3) is 0 Å². The van der Waals surface area contributed by atoms with Gasteiger partial charge in [0.25, 0.3) is 5.91 Å². The molecule has 7 heteroatoms. The highest BCUT2D eigenvalue weighted by molar-refractivity contribution is 5.93. The second-order valence-electron chi connectivity index (χ2n) is 7.47. The lowest BCUT2D eigenvalue weighted by molar-refractivity contribution is -0.144. The first-order valence-electron chi connectivity index (χ1n) is 10.1. The first-order valence-corrected chi connectivity index (χ1v) is 10.1. The smallest absolute Gasteiger partial charge is 0.252 e. The number of nitrogens with one attached hydrogen (secondary N) is 1. The Labute approximate surface area is 166 Å². The molecule has 2 saturated heterocycles. The third kappa shape index (κ3) is 4.78. The number of rotatable bonds is 7. The van der Waals surface area contributed by atoms with Crippen molar-refractivity contribution in [2.45, 2.75) is 38.0 Å². The van der Waals surface area contributed by atoms with E-state index in [9.17, 15) is 14.7 Å². The molecule has 2 heterocycles. The Morgan fingerprint density at radius 1 is 1.25 bits per heavy atom. The lowest BCUT2D eigenvalue weighted by atomic mass is 9.84. The molecule has 3 atom stereocenters. The van der Waals surface area contributed by atoms with E-state index in [0.29, 0.717) is 45.0 Å². The van der Waals surface area contributed by atoms with Crippen molar-refractivity contribution in [3.05, 3.63) is 35.9 Å². The zero-order valence-electron chi connectivity index (χ0n) is 16.4. The highest BCUT2D eigenvalue weighted by Gasteiger charge is 2.49. The summed E-state index contributed by atoms with van der Waals surface area (Å²) in [6.45, 7) is 5.39. The van der Waals surface area contributed by atoms with Crippen molar-refractivity contribution >= 4 is 11.7 Å². The molecule has 0 aromatic heterocycles. The topological polar surface area (TPSA) is 88.1 Å². The fraction of sp³-hybridized carbons (Fsp3) is 0.619. The molecule has 154 valence electrons. The van der Waals surface area contributed by atoms with Gasteiger partial charge in [0.15, 0.2) is 5.72 Å². The van der Waals surface area contributed by atoms with Gasteiger partial charge in [-0.3, -0.25) is 14.5 Å². The van der Waals surface area contributed by atoms with Gasteiger partial charge in [0.05, 0.1) is 19.1 Å². The molecular weight excluding hydrogens is 360 g/mol. The lowest BCUT2D eigenvalue weighted by Gasteiger charge is -2.38. The Kier molecular flexibility index (Phi) is 7.18. The summed E-state index contributed by atoms with van der Waals surface area (Å²) in [6, 6.07) is 8.88. The number of morpholine rings is 1. The molecule has 1 amide bonds. The molecule has 0 radical (unpaired) electrons. The van der Waals surface area contributed by atoms with Gasteiger partial charge in [-0.05, 0) is 6.42 Å². The number of amides is 1. The third-order valence-electron chi connectivity index (χ3n) is 5.46. The van der Waals surface area contributed by atoms with Crippen LogP contribution in [0, 0.1) is 5.92 Å². The Balaban J connectivity index is 1.88. The van der Waals surface area contributed by atoms with Crippen LogP contribution in [-0.4, -0.2) is 67.3 Å². The molecule has 1 aromatic rings. The van der Waals surface area contributed by atoms with E-state index in [4.69, 9.17) is 9.47 Å². The van der Waals surface area contributed by atoms with E-state index in [2.05, 4.69) is 10.2 Å². The van der Waals surface area contributed by atoms with E-state index in [1.807, 2.05) is 13.0 Å². The van der Waals surface area contributed by atoms with Gasteiger partial charge in [-0.1, -0.05) is 43.7 Å². The number of ether oxygens (including phenoxy) is 2. The minimum absolute atomic E-state index is 0.0281. The van der Waals surface area contributed by atoms with Crippen LogP contribution < -0.4 is 5.32 Å². The standard InChI is InChI=1S/C21H30N2O5/c1-2-3-11-28-19-14-18(24)17(15-23-9-12-27-13-10-23)21(26,22-20(19)25)16-7-5-4-6-8-16/h4-8,17,19,26H,2-3,9-15H2,1H3,(H,22,25)/t17-,19?,21-/m1/s1. The highest BCUT2D eigenvalue weighted by atomic mass is 16.5. The first-order chi connectivity index (χ1) is 13.5. The first kappa shape index (κ1) is 20.9. The largest absolute Gasteiger partial charge is 0.379 e. The zero-order chi connectivity index (χ0) is 20.0. The van der Waals surface area contributed by atoms with E-state index >= 15 is 0 Å². The van der Waals surface area contributed by atoms with Crippen molar-refractivity contribution in [2.75, 3.05) is 39.5 Å². The molecule has 0 aliphatic carbocycles. The van der Waals surface area contributed by atoms with Gasteiger partial charge in [0, 0.05) is 38.2 Å². The van der Waals surface area contributed by atoms with Gasteiger partial charge in [-0.2, -0.15) is 0 Å². The van der Waals surface area contributed by atoms with Gasteiger partial charge >= 0.3 is 0 Å². The summed E-state index contributed by atoms with van der Waals surface area (Å²) >= 11 is 0. The maximum absolute atomic E-state index is 13.2. The van der Waals surface area contributed by atoms with Crippen LogP contribution in [0.4, 0.5) is 0 Å². The molecule has 2 N–H and O–H groups in total. The molecular formula is C21H30N2O5. The quantitative estimate of drug-likeness (QED) is 0.677. The van der Waals surface area contributed by atoms with Crippen LogP contribution in [0.1, 0.15) is 31.7 Å². The van der Waals surface area contributed by atoms with Crippen LogP contribution in [0.5, 0.6) is 0 Å². The average molecular weight is 390 g/mol. The molecule has 1 aromatic carbocycles. The van der Waals surface area contributed by atoms with E-state index in [0.717, 1.165) is 12.8 Å². The minimum Gasteiger partial charge on any atom is -0.379 e. The van der Waals surface area contributed by atoms with E-state index in [1.165, 1.54) is 0 Å². The predicted molar refractivity (Wildman–Crippen MR) is 104 cm³/mol. The molecule has 7 nitrogen and oxygen atoms in total. The number of aliphatic hydroxyl groups is 1. The van der Waals surface area contributed by atoms with E-state index < -0.39 is 23.7 Å². The number of benzene rings is 1. The SMILES string of the molecule is CCCCOC1CC(=O)[C@@H](CN2CCOCC2)[C@](O)(c2ccccc2)NC1=O. The van der Waals surface area contributed by atoms with E-state index in [-0.39, 0.29) is 12.2 Å². The molecule has 2 fully saturated rings. The van der Waals surface area contributed by atoms with Crippen molar-refractivity contribution in [2.24, 2.45) is 5.92 Å². The van der Waals surface area contributed by atoms with Gasteiger partial charge in [-0.25, -0.2) is 0 Å². The summed E-state index contributed by atoms with van der Waals surface area (Å²) in [5.74, 6) is -1.39. The van der Waals surface area contributed by atoms with E-state index in [1.54, 1.807) is 24.3 Å². The number of hydrogen-bond acceptors (Lipinski definition) is 6. The monoisotopic (exact) mass is 390 g/mol. The summed E-state index contributed by atoms with van der Waals surface area (Å²) in [5, 5.41) is 14.3. The lowest BCUT2D eigenvalue weighted by Crippen LogP contribution is -2.56. The van der Waals surface area contributed by atoms with Gasteiger partial charge < -0.3 is 19.9 Å². The Morgan fingerprint density at radius 2 is 1.96 bits per heavy atom. The molecule has 2 aliphatic heterocycles. The van der Waals surface area contributed by atoms with Gasteiger partial charge in [0.2, 0.25) is 0 Å². The summed E-state index contributed by atoms with van der Waals surface area (Å²) in [7, 11) is 0. The van der Waals surface area contributed by atoms with Crippen LogP contribution in [0.3, 0.4) is 0 Å². The molecule has 0 bridgehead atoms. The number of unbranched alkanes of at least 4 members (excludes halogenated alkanes) is 1. The normalized spacial score (nSPS) is 29.4. The Hall–Kier alpha value is -1.80. The third-order valence-corrected chi connectivity index (χ3v) is 5.46. The zero-order valence-corrected chi connectivity index (χ0v) is 16.4. The van der Waals surface area contributed by atoms with Crippen molar-refractivity contribution in [1.82, 2.24) is 10.2 Å². The molecule has 1 unspecified atom stereocenters. The molecule has 2 aliphatic rings. The second-order valence-corrected chi connectivity index (χ2v) is 7.47. The molecule has 0 saturated carbocycles. The number of carbonyl (C=O) groups excluding carboxylic acids is 2. The number of nitrogens with zero attached hydrogens (tertiary/aromatic N) is 1. The van der Waals surface area contributed by atoms with Crippen molar-refractivity contribution < 1.29 is 24.2 Å². The fourth-order valence-electron chi connectivity index (χ4n) is 3.75. The Morgan fingerprint density at radius 3 is 2.64 bits per heavy atom. The highest BCUT2D eigenvalue weighted by Crippen LogP contribution is 2.33. The molecule has 3 rings (SSSR count). The average Bonchev–Trinajstić information content (AvgIpc) is 2.80. The number of Topliss-reactive ketones (excluding diaryl/α,β-unsaturated/α-hetero) is 1.